The molecule has 2 aromatic carbocycles. The lowest BCUT2D eigenvalue weighted by Gasteiger charge is -2.16. The molecule has 1 amide bonds. The molecule has 0 saturated heterocycles. The van der Waals surface area contributed by atoms with E-state index in [1.807, 2.05) is 32.0 Å². The first-order valence-electron chi connectivity index (χ1n) is 10.0. The largest absolute Gasteiger partial charge is 0.325 e. The fourth-order valence-corrected chi connectivity index (χ4v) is 5.12. The summed E-state index contributed by atoms with van der Waals surface area (Å²) in [7, 11) is -0.533. The number of hydrogen-bond acceptors (Lipinski definition) is 5. The Hall–Kier alpha value is -2.42. The summed E-state index contributed by atoms with van der Waals surface area (Å²) in [5.41, 5.74) is 3.75. The number of anilines is 1. The van der Waals surface area contributed by atoms with Crippen molar-refractivity contribution in [2.75, 3.05) is 19.4 Å². The highest BCUT2D eigenvalue weighted by Gasteiger charge is 2.21. The number of aryl methyl sites for hydroxylation is 2. The first kappa shape index (κ1) is 23.2. The van der Waals surface area contributed by atoms with E-state index in [1.54, 1.807) is 12.1 Å². The number of carbonyl (C=O) groups excluding carboxylic acids is 1. The van der Waals surface area contributed by atoms with Crippen LogP contribution in [0.15, 0.2) is 58.5 Å². The molecule has 0 aliphatic carbocycles. The molecule has 31 heavy (non-hydrogen) atoms. The molecule has 0 radical (unpaired) electrons. The molecular formula is C23H27N3O3S2. The number of hydrogen-bond donors (Lipinski definition) is 1. The molecule has 0 bridgehead atoms. The number of fused-ring (bicyclic) bond motifs is 1. The van der Waals surface area contributed by atoms with E-state index in [1.165, 1.54) is 38.0 Å². The second kappa shape index (κ2) is 9.38. The summed E-state index contributed by atoms with van der Waals surface area (Å²) >= 11 is 1.44. The average molecular weight is 458 g/mol. The molecule has 1 heterocycles. The summed E-state index contributed by atoms with van der Waals surface area (Å²) in [6.07, 6.45) is 0.635. The van der Waals surface area contributed by atoms with Gasteiger partial charge in [0.05, 0.1) is 20.7 Å². The molecule has 0 fully saturated rings. The molecule has 0 aliphatic rings. The third-order valence-corrected chi connectivity index (χ3v) is 8.16. The Morgan fingerprint density at radius 3 is 2.39 bits per heavy atom. The number of carbonyl (C=O) groups is 1. The summed E-state index contributed by atoms with van der Waals surface area (Å²) in [6.45, 7) is 6.05. The van der Waals surface area contributed by atoms with Crippen LogP contribution in [0.1, 0.15) is 24.5 Å². The number of aromatic nitrogens is 1. The Labute approximate surface area is 188 Å². The maximum Gasteiger partial charge on any atom is 0.242 e. The van der Waals surface area contributed by atoms with Crippen LogP contribution in [0.5, 0.6) is 0 Å². The highest BCUT2D eigenvalue weighted by molar-refractivity contribution is 8.00. The molecule has 0 saturated carbocycles. The third kappa shape index (κ3) is 5.08. The summed E-state index contributed by atoms with van der Waals surface area (Å²) in [5.74, 6) is -0.139. The van der Waals surface area contributed by atoms with Crippen LogP contribution in [-0.4, -0.2) is 43.0 Å². The fraction of sp³-hybridized carbons (Fsp3) is 0.304. The van der Waals surface area contributed by atoms with Crippen molar-refractivity contribution in [3.8, 4) is 0 Å². The molecule has 164 valence electrons. The van der Waals surface area contributed by atoms with Gasteiger partial charge in [0.25, 0.3) is 0 Å². The van der Waals surface area contributed by atoms with Gasteiger partial charge in [0.2, 0.25) is 15.9 Å². The zero-order chi connectivity index (χ0) is 22.8. The summed E-state index contributed by atoms with van der Waals surface area (Å²) in [6, 6.07) is 14.3. The minimum atomic E-state index is -3.50. The third-order valence-electron chi connectivity index (χ3n) is 5.05. The van der Waals surface area contributed by atoms with Crippen LogP contribution in [0.2, 0.25) is 0 Å². The van der Waals surface area contributed by atoms with E-state index in [4.69, 9.17) is 4.98 Å². The normalized spacial score (nSPS) is 12.8. The van der Waals surface area contributed by atoms with Gasteiger partial charge in [0.15, 0.2) is 0 Å². The van der Waals surface area contributed by atoms with Crippen LogP contribution in [0, 0.1) is 13.8 Å². The van der Waals surface area contributed by atoms with Crippen molar-refractivity contribution < 1.29 is 13.2 Å². The number of nitrogens with zero attached hydrogens (tertiary/aromatic N) is 2. The number of thioether (sulfide) groups is 1. The average Bonchev–Trinajstić information content (AvgIpc) is 2.73. The number of amides is 1. The van der Waals surface area contributed by atoms with Gasteiger partial charge in [-0.15, -0.1) is 0 Å². The van der Waals surface area contributed by atoms with Crippen molar-refractivity contribution in [2.45, 2.75) is 42.4 Å². The molecule has 6 nitrogen and oxygen atoms in total. The van der Waals surface area contributed by atoms with Crippen molar-refractivity contribution >= 4 is 44.3 Å². The number of para-hydroxylation sites is 1. The number of nitrogens with one attached hydrogen (secondary N) is 1. The van der Waals surface area contributed by atoms with Gasteiger partial charge in [-0.2, -0.15) is 0 Å². The van der Waals surface area contributed by atoms with E-state index in [9.17, 15) is 13.2 Å². The van der Waals surface area contributed by atoms with Gasteiger partial charge >= 0.3 is 0 Å². The second-order valence-corrected chi connectivity index (χ2v) is 10.9. The van der Waals surface area contributed by atoms with Gasteiger partial charge in [-0.3, -0.25) is 4.79 Å². The highest BCUT2D eigenvalue weighted by Crippen LogP contribution is 2.30. The van der Waals surface area contributed by atoms with Crippen LogP contribution >= 0.6 is 11.8 Å². The van der Waals surface area contributed by atoms with E-state index in [0.717, 1.165) is 31.4 Å². The van der Waals surface area contributed by atoms with Gasteiger partial charge in [0.1, 0.15) is 0 Å². The highest BCUT2D eigenvalue weighted by atomic mass is 32.2. The molecule has 8 heteroatoms. The minimum Gasteiger partial charge on any atom is -0.325 e. The molecule has 0 spiro atoms. The smallest absolute Gasteiger partial charge is 0.242 e. The molecule has 1 atom stereocenters. The van der Waals surface area contributed by atoms with Crippen molar-refractivity contribution in [1.29, 1.82) is 0 Å². The predicted octanol–water partition coefficient (Wildman–Crippen LogP) is 4.61. The standard InChI is InChI=1S/C23H27N3O3S2/c1-6-20(30-21-14-16(3)19-9-7-8-15(2)22(19)25-21)23(27)24-17-10-12-18(13-11-17)31(28,29)26(4)5/h7-14,20H,6H2,1-5H3,(H,24,27). The van der Waals surface area contributed by atoms with Gasteiger partial charge in [-0.25, -0.2) is 17.7 Å². The molecule has 0 aliphatic heterocycles. The van der Waals surface area contributed by atoms with Crippen LogP contribution < -0.4 is 5.32 Å². The van der Waals surface area contributed by atoms with Crippen molar-refractivity contribution in [3.63, 3.8) is 0 Å². The Balaban J connectivity index is 1.77. The fourth-order valence-electron chi connectivity index (χ4n) is 3.20. The van der Waals surface area contributed by atoms with E-state index >= 15 is 0 Å². The number of rotatable bonds is 7. The number of pyridine rings is 1. The van der Waals surface area contributed by atoms with Gasteiger partial charge in [-0.1, -0.05) is 36.9 Å². The van der Waals surface area contributed by atoms with Crippen LogP contribution in [-0.2, 0) is 14.8 Å². The minimum absolute atomic E-state index is 0.139. The lowest BCUT2D eigenvalue weighted by atomic mass is 10.1. The van der Waals surface area contributed by atoms with E-state index < -0.39 is 10.0 Å². The zero-order valence-corrected chi connectivity index (χ0v) is 20.0. The first-order chi connectivity index (χ1) is 14.6. The lowest BCUT2D eigenvalue weighted by Crippen LogP contribution is -2.25. The van der Waals surface area contributed by atoms with Crippen molar-refractivity contribution in [1.82, 2.24) is 9.29 Å². The molecule has 3 aromatic rings. The monoisotopic (exact) mass is 457 g/mol. The molecule has 1 aromatic heterocycles. The van der Waals surface area contributed by atoms with Gasteiger partial charge < -0.3 is 5.32 Å². The number of benzene rings is 2. The lowest BCUT2D eigenvalue weighted by molar-refractivity contribution is -0.115. The van der Waals surface area contributed by atoms with E-state index in [2.05, 4.69) is 18.3 Å². The van der Waals surface area contributed by atoms with E-state index in [-0.39, 0.29) is 16.1 Å². The van der Waals surface area contributed by atoms with Gasteiger partial charge in [-0.05, 0) is 61.7 Å². The zero-order valence-electron chi connectivity index (χ0n) is 18.3. The SMILES string of the molecule is CCC(Sc1cc(C)c2cccc(C)c2n1)C(=O)Nc1ccc(S(=O)(=O)N(C)C)cc1. The maximum absolute atomic E-state index is 12.9. The molecule has 1 N–H and O–H groups in total. The quantitative estimate of drug-likeness (QED) is 0.524. The molecular weight excluding hydrogens is 430 g/mol. The summed E-state index contributed by atoms with van der Waals surface area (Å²) < 4.78 is 25.5. The Bertz CT molecular complexity index is 1210. The Morgan fingerprint density at radius 1 is 1.10 bits per heavy atom. The van der Waals surface area contributed by atoms with E-state index in [0.29, 0.717) is 12.1 Å². The number of sulfonamides is 1. The van der Waals surface area contributed by atoms with Crippen LogP contribution in [0.3, 0.4) is 0 Å². The van der Waals surface area contributed by atoms with Crippen molar-refractivity contribution in [2.24, 2.45) is 0 Å². The predicted molar refractivity (Wildman–Crippen MR) is 127 cm³/mol. The van der Waals surface area contributed by atoms with Gasteiger partial charge in [0, 0.05) is 25.2 Å². The Morgan fingerprint density at radius 2 is 1.77 bits per heavy atom. The van der Waals surface area contributed by atoms with Crippen LogP contribution in [0.25, 0.3) is 10.9 Å². The topological polar surface area (TPSA) is 79.4 Å². The van der Waals surface area contributed by atoms with Crippen molar-refractivity contribution in [3.05, 3.63) is 59.7 Å². The first-order valence-corrected chi connectivity index (χ1v) is 12.3. The van der Waals surface area contributed by atoms with Crippen LogP contribution in [0.4, 0.5) is 5.69 Å². The summed E-state index contributed by atoms with van der Waals surface area (Å²) in [4.78, 5) is 17.8. The summed E-state index contributed by atoms with van der Waals surface area (Å²) in [5, 5.41) is 4.50. The second-order valence-electron chi connectivity index (χ2n) is 7.56. The molecule has 3 rings (SSSR count). The maximum atomic E-state index is 12.9. The molecule has 1 unspecified atom stereocenters. The Kier molecular flexibility index (Phi) is 7.03.